The Labute approximate surface area is 123 Å². The average Bonchev–Trinajstić information content (AvgIpc) is 2.48. The van der Waals surface area contributed by atoms with E-state index in [1.54, 1.807) is 19.2 Å². The fourth-order valence-electron chi connectivity index (χ4n) is 2.30. The van der Waals surface area contributed by atoms with E-state index in [2.05, 4.69) is 5.32 Å². The third-order valence-corrected chi connectivity index (χ3v) is 3.36. The summed E-state index contributed by atoms with van der Waals surface area (Å²) >= 11 is 0. The Bertz CT molecular complexity index is 622. The summed E-state index contributed by atoms with van der Waals surface area (Å²) in [6.45, 7) is 0.843. The van der Waals surface area contributed by atoms with Crippen molar-refractivity contribution in [2.24, 2.45) is 5.73 Å². The summed E-state index contributed by atoms with van der Waals surface area (Å²) in [7, 11) is 1.57. The van der Waals surface area contributed by atoms with Crippen LogP contribution in [0.1, 0.15) is 16.8 Å². The molecule has 0 saturated heterocycles. The largest absolute Gasteiger partial charge is 0.506 e. The van der Waals surface area contributed by atoms with Crippen molar-refractivity contribution in [2.45, 2.75) is 12.5 Å². The first kappa shape index (κ1) is 15.3. The zero-order valence-corrected chi connectivity index (χ0v) is 12.0. The molecule has 1 amide bonds. The number of nitrogens with one attached hydrogen (secondary N) is 1. The maximum absolute atomic E-state index is 12.3. The lowest BCUT2D eigenvalue weighted by Crippen LogP contribution is -2.39. The van der Waals surface area contributed by atoms with Gasteiger partial charge in [0, 0.05) is 12.5 Å². The van der Waals surface area contributed by atoms with Crippen molar-refractivity contribution in [3.05, 3.63) is 42.0 Å². The summed E-state index contributed by atoms with van der Waals surface area (Å²) in [5.41, 5.74) is 5.78. The van der Waals surface area contributed by atoms with Crippen LogP contribution in [0.15, 0.2) is 36.4 Å². The molecule has 4 N–H and O–H groups in total. The molecule has 0 aliphatic carbocycles. The van der Waals surface area contributed by atoms with Crippen LogP contribution < -0.4 is 11.1 Å². The number of amides is 1. The number of rotatable bonds is 6. The number of benzene rings is 2. The molecule has 0 radical (unpaired) electrons. The molecular weight excluding hydrogens is 268 g/mol. The number of phenols is 1. The minimum Gasteiger partial charge on any atom is -0.506 e. The highest BCUT2D eigenvalue weighted by atomic mass is 16.5. The second kappa shape index (κ2) is 7.06. The molecular formula is C16H20N2O3. The maximum Gasteiger partial charge on any atom is 0.255 e. The Balaban J connectivity index is 2.24. The van der Waals surface area contributed by atoms with Crippen LogP contribution in [0.3, 0.4) is 0 Å². The lowest BCUT2D eigenvalue weighted by atomic mass is 10.0. The molecule has 5 nitrogen and oxygen atoms in total. The minimum absolute atomic E-state index is 0.00508. The van der Waals surface area contributed by atoms with Gasteiger partial charge in [-0.05, 0) is 24.4 Å². The van der Waals surface area contributed by atoms with Crippen molar-refractivity contribution >= 4 is 16.7 Å². The molecule has 1 unspecified atom stereocenters. The van der Waals surface area contributed by atoms with Gasteiger partial charge in [-0.1, -0.05) is 30.3 Å². The third-order valence-electron chi connectivity index (χ3n) is 3.36. The second-order valence-corrected chi connectivity index (χ2v) is 4.89. The molecule has 1 atom stereocenters. The van der Waals surface area contributed by atoms with Crippen LogP contribution in [0.4, 0.5) is 0 Å². The number of ether oxygens (including phenoxy) is 1. The van der Waals surface area contributed by atoms with E-state index in [1.165, 1.54) is 0 Å². The van der Waals surface area contributed by atoms with E-state index in [4.69, 9.17) is 10.5 Å². The van der Waals surface area contributed by atoms with Crippen molar-refractivity contribution in [3.63, 3.8) is 0 Å². The summed E-state index contributed by atoms with van der Waals surface area (Å²) in [5.74, 6) is -0.330. The first-order chi connectivity index (χ1) is 10.2. The molecule has 21 heavy (non-hydrogen) atoms. The van der Waals surface area contributed by atoms with Crippen molar-refractivity contribution < 1.29 is 14.6 Å². The summed E-state index contributed by atoms with van der Waals surface area (Å²) in [6.07, 6.45) is 0.619. The van der Waals surface area contributed by atoms with Gasteiger partial charge in [0.25, 0.3) is 5.91 Å². The van der Waals surface area contributed by atoms with Crippen LogP contribution in [-0.2, 0) is 4.74 Å². The fraction of sp³-hybridized carbons (Fsp3) is 0.312. The van der Waals surface area contributed by atoms with Gasteiger partial charge >= 0.3 is 0 Å². The topological polar surface area (TPSA) is 84.6 Å². The maximum atomic E-state index is 12.3. The predicted molar refractivity (Wildman–Crippen MR) is 82.4 cm³/mol. The molecule has 0 fully saturated rings. The Morgan fingerprint density at radius 2 is 2.10 bits per heavy atom. The van der Waals surface area contributed by atoms with E-state index in [9.17, 15) is 9.90 Å². The molecule has 0 aromatic heterocycles. The van der Waals surface area contributed by atoms with E-state index in [1.807, 2.05) is 24.3 Å². The van der Waals surface area contributed by atoms with E-state index in [0.29, 0.717) is 25.0 Å². The van der Waals surface area contributed by atoms with Crippen molar-refractivity contribution in [1.29, 1.82) is 0 Å². The first-order valence-electron chi connectivity index (χ1n) is 6.88. The fourth-order valence-corrected chi connectivity index (χ4v) is 2.30. The number of phenolic OH excluding ortho intramolecular Hbond substituents is 1. The van der Waals surface area contributed by atoms with Crippen LogP contribution in [0.2, 0.25) is 0 Å². The summed E-state index contributed by atoms with van der Waals surface area (Å²) in [6, 6.07) is 10.7. The zero-order valence-electron chi connectivity index (χ0n) is 12.0. The van der Waals surface area contributed by atoms with E-state index >= 15 is 0 Å². The number of methoxy groups -OCH3 is 1. The van der Waals surface area contributed by atoms with Crippen LogP contribution in [-0.4, -0.2) is 37.3 Å². The quantitative estimate of drug-likeness (QED) is 0.754. The van der Waals surface area contributed by atoms with Gasteiger partial charge in [-0.3, -0.25) is 4.79 Å². The van der Waals surface area contributed by atoms with Gasteiger partial charge in [0.15, 0.2) is 0 Å². The lowest BCUT2D eigenvalue weighted by molar-refractivity contribution is 0.0891. The molecule has 2 aromatic carbocycles. The van der Waals surface area contributed by atoms with Crippen LogP contribution in [0, 0.1) is 0 Å². The number of nitrogens with two attached hydrogens (primary N) is 1. The van der Waals surface area contributed by atoms with Crippen LogP contribution >= 0.6 is 0 Å². The lowest BCUT2D eigenvalue weighted by Gasteiger charge is -2.17. The number of carbonyl (C=O) groups excluding carboxylic acids is 1. The predicted octanol–water partition coefficient (Wildman–Crippen LogP) is 1.64. The molecule has 0 aliphatic rings. The van der Waals surface area contributed by atoms with Gasteiger partial charge in [-0.25, -0.2) is 0 Å². The van der Waals surface area contributed by atoms with Gasteiger partial charge in [0.2, 0.25) is 0 Å². The van der Waals surface area contributed by atoms with Crippen molar-refractivity contribution in [3.8, 4) is 5.75 Å². The molecule has 112 valence electrons. The minimum atomic E-state index is -0.325. The van der Waals surface area contributed by atoms with Crippen molar-refractivity contribution in [1.82, 2.24) is 5.32 Å². The van der Waals surface area contributed by atoms with E-state index < -0.39 is 0 Å². The highest BCUT2D eigenvalue weighted by molar-refractivity contribution is 6.03. The summed E-state index contributed by atoms with van der Waals surface area (Å²) in [4.78, 5) is 12.3. The molecule has 2 aromatic rings. The van der Waals surface area contributed by atoms with Gasteiger partial charge < -0.3 is 20.9 Å². The average molecular weight is 288 g/mol. The van der Waals surface area contributed by atoms with E-state index in [0.717, 1.165) is 5.39 Å². The normalized spacial score (nSPS) is 12.3. The van der Waals surface area contributed by atoms with E-state index in [-0.39, 0.29) is 23.3 Å². The number of fused-ring (bicyclic) bond motifs is 1. The van der Waals surface area contributed by atoms with Gasteiger partial charge in [0.05, 0.1) is 18.2 Å². The number of hydrogen-bond donors (Lipinski definition) is 3. The molecule has 2 rings (SSSR count). The highest BCUT2D eigenvalue weighted by Crippen LogP contribution is 2.28. The SMILES string of the molecule is COCC(CCN)NC(=O)c1ccc2ccccc2c1O. The first-order valence-corrected chi connectivity index (χ1v) is 6.88. The molecule has 0 bridgehead atoms. The van der Waals surface area contributed by atoms with Gasteiger partial charge in [-0.15, -0.1) is 0 Å². The number of carbonyl (C=O) groups is 1. The molecule has 5 heteroatoms. The smallest absolute Gasteiger partial charge is 0.255 e. The number of hydrogen-bond acceptors (Lipinski definition) is 4. The Morgan fingerprint density at radius 3 is 2.81 bits per heavy atom. The highest BCUT2D eigenvalue weighted by Gasteiger charge is 2.17. The Hall–Kier alpha value is -2.11. The third kappa shape index (κ3) is 3.51. The Morgan fingerprint density at radius 1 is 1.33 bits per heavy atom. The summed E-state index contributed by atoms with van der Waals surface area (Å²) < 4.78 is 5.06. The van der Waals surface area contributed by atoms with Gasteiger partial charge in [-0.2, -0.15) is 0 Å². The second-order valence-electron chi connectivity index (χ2n) is 4.89. The molecule has 0 aliphatic heterocycles. The van der Waals surface area contributed by atoms with Crippen LogP contribution in [0.25, 0.3) is 10.8 Å². The number of aromatic hydroxyl groups is 1. The summed E-state index contributed by atoms with van der Waals surface area (Å²) in [5, 5.41) is 14.7. The van der Waals surface area contributed by atoms with Crippen LogP contribution in [0.5, 0.6) is 5.75 Å². The van der Waals surface area contributed by atoms with Gasteiger partial charge in [0.1, 0.15) is 5.75 Å². The molecule has 0 saturated carbocycles. The molecule has 0 spiro atoms. The molecule has 0 heterocycles. The van der Waals surface area contributed by atoms with Crippen molar-refractivity contribution in [2.75, 3.05) is 20.3 Å². The Kier molecular flexibility index (Phi) is 5.14. The zero-order chi connectivity index (χ0) is 15.2. The standard InChI is InChI=1S/C16H20N2O3/c1-21-10-12(8-9-17)18-16(20)14-7-6-11-4-2-3-5-13(11)15(14)19/h2-7,12,19H,8-10,17H2,1H3,(H,18,20). The monoisotopic (exact) mass is 288 g/mol.